The number of amides is 1. The van der Waals surface area contributed by atoms with Crippen LogP contribution in [0.4, 0.5) is 24.5 Å². The van der Waals surface area contributed by atoms with Crippen molar-refractivity contribution in [2.75, 3.05) is 16.9 Å². The molecule has 0 bridgehead atoms. The molecule has 1 fully saturated rings. The van der Waals surface area contributed by atoms with Crippen molar-refractivity contribution in [2.45, 2.75) is 38.9 Å². The third-order valence-electron chi connectivity index (χ3n) is 5.94. The number of aryl methyl sites for hydroxylation is 1. The van der Waals surface area contributed by atoms with Gasteiger partial charge in [0.1, 0.15) is 0 Å². The molecule has 2 aromatic carbocycles. The van der Waals surface area contributed by atoms with Gasteiger partial charge in [0.15, 0.2) is 0 Å². The number of carbonyl (C=O) groups is 1. The van der Waals surface area contributed by atoms with Gasteiger partial charge in [-0.1, -0.05) is 12.0 Å². The number of rotatable bonds is 6. The average Bonchev–Trinajstić information content (AvgIpc) is 3.57. The Morgan fingerprint density at radius 2 is 1.89 bits per heavy atom. The van der Waals surface area contributed by atoms with E-state index in [4.69, 9.17) is 11.5 Å². The molecule has 0 saturated heterocycles. The van der Waals surface area contributed by atoms with Gasteiger partial charge in [-0.15, -0.1) is 0 Å². The van der Waals surface area contributed by atoms with Gasteiger partial charge in [0.2, 0.25) is 0 Å². The van der Waals surface area contributed by atoms with Crippen LogP contribution in [0.15, 0.2) is 72.0 Å². The summed E-state index contributed by atoms with van der Waals surface area (Å²) in [6.07, 6.45) is 2.57. The van der Waals surface area contributed by atoms with Crippen molar-refractivity contribution >= 4 is 17.3 Å². The molecule has 0 aromatic heterocycles. The Morgan fingerprint density at radius 1 is 1.13 bits per heavy atom. The summed E-state index contributed by atoms with van der Waals surface area (Å²) in [5, 5.41) is 8.78. The second-order valence-electron chi connectivity index (χ2n) is 9.28. The minimum Gasteiger partial charge on any atom is -0.392 e. The lowest BCUT2D eigenvalue weighted by atomic mass is 10.0. The Bertz CT molecular complexity index is 1390. The number of alkyl halides is 3. The molecule has 0 unspecified atom stereocenters. The first kappa shape index (κ1) is 26.5. The van der Waals surface area contributed by atoms with Crippen molar-refractivity contribution in [3.63, 3.8) is 0 Å². The number of hydrogen-bond donors (Lipinski definition) is 5. The standard InChI is InChI=1S/C28H29F3N6O/c1-17-3-4-20(11-19(17)5-6-22(32)7-10-26(33)35-23-8-9-23)27(38)36-24-12-21(28(29,30)31)13-25(14-24)37-15-18(2)34-16-37/h3-4,7,10-15,23,34-35H,8-9,16,32-33H2,1-2H3,(H,36,38)/b22-7-,26-10+. The molecule has 7 nitrogen and oxygen atoms in total. The van der Waals surface area contributed by atoms with E-state index in [1.807, 2.05) is 13.8 Å². The first-order valence-corrected chi connectivity index (χ1v) is 12.0. The molecule has 0 radical (unpaired) electrons. The smallest absolute Gasteiger partial charge is 0.392 e. The second-order valence-corrected chi connectivity index (χ2v) is 9.28. The number of carbonyl (C=O) groups excluding carboxylic acids is 1. The zero-order valence-electron chi connectivity index (χ0n) is 21.0. The normalized spacial score (nSPS) is 15.8. The minimum absolute atomic E-state index is 0.0300. The maximum absolute atomic E-state index is 13.6. The van der Waals surface area contributed by atoms with E-state index < -0.39 is 17.6 Å². The highest BCUT2D eigenvalue weighted by molar-refractivity contribution is 6.04. The SMILES string of the molecule is CC1=CN(c2cc(NC(=O)c3ccc(C)c(C#C/C(N)=C/C=C(\N)NC4CC4)c3)cc(C(F)(F)F)c2)CN1. The van der Waals surface area contributed by atoms with Crippen molar-refractivity contribution in [3.8, 4) is 11.8 Å². The molecule has 2 aromatic rings. The first-order chi connectivity index (χ1) is 18.0. The van der Waals surface area contributed by atoms with E-state index in [-0.39, 0.29) is 16.9 Å². The lowest BCUT2D eigenvalue weighted by Crippen LogP contribution is -2.21. The van der Waals surface area contributed by atoms with Crippen LogP contribution in [-0.4, -0.2) is 18.6 Å². The van der Waals surface area contributed by atoms with E-state index in [9.17, 15) is 18.0 Å². The molecular weight excluding hydrogens is 493 g/mol. The van der Waals surface area contributed by atoms with E-state index in [1.54, 1.807) is 41.5 Å². The summed E-state index contributed by atoms with van der Waals surface area (Å²) < 4.78 is 40.7. The Morgan fingerprint density at radius 3 is 2.55 bits per heavy atom. The van der Waals surface area contributed by atoms with E-state index in [0.717, 1.165) is 36.2 Å². The van der Waals surface area contributed by atoms with Gasteiger partial charge in [0.05, 0.1) is 23.8 Å². The Labute approximate surface area is 219 Å². The summed E-state index contributed by atoms with van der Waals surface area (Å²) >= 11 is 0. The summed E-state index contributed by atoms with van der Waals surface area (Å²) in [7, 11) is 0. The van der Waals surface area contributed by atoms with Gasteiger partial charge in [-0.3, -0.25) is 4.79 Å². The summed E-state index contributed by atoms with van der Waals surface area (Å²) in [6.45, 7) is 3.98. The van der Waals surface area contributed by atoms with Crippen molar-refractivity contribution in [3.05, 3.63) is 94.2 Å². The molecule has 0 atom stereocenters. The highest BCUT2D eigenvalue weighted by Gasteiger charge is 2.32. The lowest BCUT2D eigenvalue weighted by Gasteiger charge is -2.19. The number of anilines is 2. The third kappa shape index (κ3) is 7.03. The van der Waals surface area contributed by atoms with Crippen LogP contribution >= 0.6 is 0 Å². The van der Waals surface area contributed by atoms with Crippen LogP contribution in [-0.2, 0) is 6.18 Å². The van der Waals surface area contributed by atoms with E-state index >= 15 is 0 Å². The monoisotopic (exact) mass is 522 g/mol. The molecule has 1 amide bonds. The first-order valence-electron chi connectivity index (χ1n) is 12.0. The second kappa shape index (κ2) is 10.8. The van der Waals surface area contributed by atoms with Crippen molar-refractivity contribution in [1.82, 2.24) is 10.6 Å². The summed E-state index contributed by atoms with van der Waals surface area (Å²) in [5.74, 6) is 5.73. The lowest BCUT2D eigenvalue weighted by molar-refractivity contribution is -0.137. The van der Waals surface area contributed by atoms with Crippen LogP contribution in [0.1, 0.15) is 46.8 Å². The molecule has 1 aliphatic heterocycles. The molecule has 38 heavy (non-hydrogen) atoms. The summed E-state index contributed by atoms with van der Waals surface area (Å²) in [6, 6.07) is 8.78. The van der Waals surface area contributed by atoms with Crippen LogP contribution < -0.4 is 32.3 Å². The van der Waals surface area contributed by atoms with Gasteiger partial charge in [-0.25, -0.2) is 0 Å². The van der Waals surface area contributed by atoms with Gasteiger partial charge in [-0.2, -0.15) is 13.2 Å². The number of allylic oxidation sites excluding steroid dienone is 4. The van der Waals surface area contributed by atoms with Crippen molar-refractivity contribution in [1.29, 1.82) is 0 Å². The number of nitrogens with two attached hydrogens (primary N) is 2. The fraction of sp³-hybridized carbons (Fsp3) is 0.250. The third-order valence-corrected chi connectivity index (χ3v) is 5.94. The fourth-order valence-electron chi connectivity index (χ4n) is 3.69. The molecule has 198 valence electrons. The number of nitrogens with one attached hydrogen (secondary N) is 3. The van der Waals surface area contributed by atoms with E-state index in [0.29, 0.717) is 29.8 Å². The van der Waals surface area contributed by atoms with Gasteiger partial charge in [0, 0.05) is 40.4 Å². The quantitative estimate of drug-likeness (QED) is 0.287. The van der Waals surface area contributed by atoms with Gasteiger partial charge < -0.3 is 32.3 Å². The maximum atomic E-state index is 13.6. The van der Waals surface area contributed by atoms with Crippen molar-refractivity contribution in [2.24, 2.45) is 11.5 Å². The van der Waals surface area contributed by atoms with Crippen LogP contribution in [0.25, 0.3) is 0 Å². The topological polar surface area (TPSA) is 108 Å². The minimum atomic E-state index is -4.57. The fourth-order valence-corrected chi connectivity index (χ4v) is 3.69. The number of nitrogens with zero attached hydrogens (tertiary/aromatic N) is 1. The Kier molecular flexibility index (Phi) is 7.57. The van der Waals surface area contributed by atoms with Gasteiger partial charge >= 0.3 is 6.18 Å². The maximum Gasteiger partial charge on any atom is 0.416 e. The molecule has 7 N–H and O–H groups in total. The molecule has 0 spiro atoms. The Balaban J connectivity index is 1.53. The highest BCUT2D eigenvalue weighted by Crippen LogP contribution is 2.35. The van der Waals surface area contributed by atoms with Crippen LogP contribution in [0.2, 0.25) is 0 Å². The molecule has 4 rings (SSSR count). The summed E-state index contributed by atoms with van der Waals surface area (Å²) in [5.41, 5.74) is 14.1. The van der Waals surface area contributed by atoms with Crippen LogP contribution in [0.3, 0.4) is 0 Å². The molecule has 10 heteroatoms. The predicted molar refractivity (Wildman–Crippen MR) is 142 cm³/mol. The highest BCUT2D eigenvalue weighted by atomic mass is 19.4. The van der Waals surface area contributed by atoms with Gasteiger partial charge in [0.25, 0.3) is 5.91 Å². The molecule has 1 heterocycles. The largest absolute Gasteiger partial charge is 0.416 e. The van der Waals surface area contributed by atoms with Gasteiger partial charge in [-0.05, 0) is 80.7 Å². The number of hydrogen-bond acceptors (Lipinski definition) is 6. The Hall–Kier alpha value is -4.52. The molecule has 1 aliphatic carbocycles. The van der Waals surface area contributed by atoms with Crippen LogP contribution in [0.5, 0.6) is 0 Å². The number of halogens is 3. The van der Waals surface area contributed by atoms with E-state index in [2.05, 4.69) is 27.8 Å². The number of benzene rings is 2. The van der Waals surface area contributed by atoms with Crippen LogP contribution in [0, 0.1) is 18.8 Å². The van der Waals surface area contributed by atoms with Crippen molar-refractivity contribution < 1.29 is 18.0 Å². The zero-order valence-corrected chi connectivity index (χ0v) is 21.0. The predicted octanol–water partition coefficient (Wildman–Crippen LogP) is 4.24. The summed E-state index contributed by atoms with van der Waals surface area (Å²) in [4.78, 5) is 14.6. The van der Waals surface area contributed by atoms with E-state index in [1.165, 1.54) is 6.07 Å². The molecular formula is C28H29F3N6O. The zero-order chi connectivity index (χ0) is 27.4. The average molecular weight is 523 g/mol. The molecule has 2 aliphatic rings. The molecule has 1 saturated carbocycles.